The van der Waals surface area contributed by atoms with Gasteiger partial charge in [-0.25, -0.2) is 0 Å². The number of nitrogens with one attached hydrogen (secondary N) is 1. The molecule has 6 nitrogen and oxygen atoms in total. The quantitative estimate of drug-likeness (QED) is 0.590. The lowest BCUT2D eigenvalue weighted by Crippen LogP contribution is -2.59. The number of benzene rings is 1. The van der Waals surface area contributed by atoms with Crippen LogP contribution in [-0.4, -0.2) is 35.6 Å². The van der Waals surface area contributed by atoms with Gasteiger partial charge in [-0.3, -0.25) is 14.9 Å². The van der Waals surface area contributed by atoms with E-state index in [1.54, 1.807) is 23.1 Å². The molecule has 1 saturated heterocycles. The fourth-order valence-electron chi connectivity index (χ4n) is 3.50. The van der Waals surface area contributed by atoms with Crippen LogP contribution in [0.3, 0.4) is 0 Å². The summed E-state index contributed by atoms with van der Waals surface area (Å²) >= 11 is 0. The Labute approximate surface area is 155 Å². The van der Waals surface area contributed by atoms with Crippen LogP contribution in [0.15, 0.2) is 24.3 Å². The summed E-state index contributed by atoms with van der Waals surface area (Å²) in [6, 6.07) is 6.32. The maximum Gasteiger partial charge on any atom is 0.411 e. The maximum absolute atomic E-state index is 13.4. The molecular formula is C18H24F3N3O3. The Morgan fingerprint density at radius 2 is 1.78 bits per heavy atom. The standard InChI is InChI=1S/C18H24F3N3O3/c1-3-17(4-2,18(19,20)21)22-16(25)13-9-11-23(12-10-13)14-7-5-6-8-15(14)24(26)27/h5-8,13H,3-4,9-12H2,1-2H3,(H,22,25). The number of rotatable bonds is 6. The minimum absolute atomic E-state index is 0.0199. The Hall–Kier alpha value is -2.32. The number of piperidine rings is 1. The van der Waals surface area contributed by atoms with Crippen molar-refractivity contribution in [2.75, 3.05) is 18.0 Å². The fourth-order valence-corrected chi connectivity index (χ4v) is 3.50. The Morgan fingerprint density at radius 3 is 2.26 bits per heavy atom. The van der Waals surface area contributed by atoms with Gasteiger partial charge in [-0.2, -0.15) is 13.2 Å². The van der Waals surface area contributed by atoms with Crippen LogP contribution in [0.5, 0.6) is 0 Å². The first-order valence-corrected chi connectivity index (χ1v) is 9.02. The zero-order valence-corrected chi connectivity index (χ0v) is 15.4. The van der Waals surface area contributed by atoms with Crippen molar-refractivity contribution in [3.8, 4) is 0 Å². The molecule has 0 saturated carbocycles. The van der Waals surface area contributed by atoms with Crippen molar-refractivity contribution in [3.63, 3.8) is 0 Å². The van der Waals surface area contributed by atoms with Gasteiger partial charge in [0.15, 0.2) is 0 Å². The smallest absolute Gasteiger partial charge is 0.366 e. The van der Waals surface area contributed by atoms with Crippen molar-refractivity contribution < 1.29 is 22.9 Å². The van der Waals surface area contributed by atoms with Gasteiger partial charge in [-0.15, -0.1) is 0 Å². The van der Waals surface area contributed by atoms with Crippen molar-refractivity contribution in [3.05, 3.63) is 34.4 Å². The molecule has 0 aromatic heterocycles. The van der Waals surface area contributed by atoms with Gasteiger partial charge in [-0.1, -0.05) is 26.0 Å². The highest BCUT2D eigenvalue weighted by atomic mass is 19.4. The number of nitro benzene ring substituents is 1. The molecule has 0 spiro atoms. The zero-order valence-electron chi connectivity index (χ0n) is 15.4. The van der Waals surface area contributed by atoms with Gasteiger partial charge in [0, 0.05) is 25.1 Å². The summed E-state index contributed by atoms with van der Waals surface area (Å²) in [5, 5.41) is 13.4. The minimum atomic E-state index is -4.52. The highest BCUT2D eigenvalue weighted by molar-refractivity contribution is 5.80. The molecule has 1 amide bonds. The van der Waals surface area contributed by atoms with Crippen LogP contribution in [0.25, 0.3) is 0 Å². The third-order valence-electron chi connectivity index (χ3n) is 5.40. The van der Waals surface area contributed by atoms with Crippen LogP contribution in [0.4, 0.5) is 24.5 Å². The Balaban J connectivity index is 2.05. The number of hydrogen-bond donors (Lipinski definition) is 1. The molecule has 1 aromatic carbocycles. The lowest BCUT2D eigenvalue weighted by atomic mass is 9.89. The molecule has 1 aromatic rings. The van der Waals surface area contributed by atoms with Gasteiger partial charge in [0.05, 0.1) is 4.92 Å². The highest BCUT2D eigenvalue weighted by Crippen LogP contribution is 2.37. The van der Waals surface area contributed by atoms with Gasteiger partial charge in [-0.05, 0) is 31.7 Å². The first-order valence-electron chi connectivity index (χ1n) is 9.02. The topological polar surface area (TPSA) is 75.5 Å². The Bertz CT molecular complexity index is 682. The minimum Gasteiger partial charge on any atom is -0.366 e. The number of nitrogens with zero attached hydrogens (tertiary/aromatic N) is 2. The summed E-state index contributed by atoms with van der Waals surface area (Å²) in [6.45, 7) is 3.57. The maximum atomic E-state index is 13.4. The third kappa shape index (κ3) is 4.33. The number of halogens is 3. The first kappa shape index (κ1) is 21.0. The molecule has 9 heteroatoms. The lowest BCUT2D eigenvalue weighted by molar-refractivity contribution is -0.384. The summed E-state index contributed by atoms with van der Waals surface area (Å²) < 4.78 is 40.3. The summed E-state index contributed by atoms with van der Waals surface area (Å²) in [4.78, 5) is 25.0. The Morgan fingerprint density at radius 1 is 1.22 bits per heavy atom. The molecule has 2 rings (SSSR count). The number of hydrogen-bond acceptors (Lipinski definition) is 4. The van der Waals surface area contributed by atoms with Crippen molar-refractivity contribution in [1.29, 1.82) is 0 Å². The fraction of sp³-hybridized carbons (Fsp3) is 0.611. The number of carbonyl (C=O) groups excluding carboxylic acids is 1. The molecule has 150 valence electrons. The number of nitro groups is 1. The third-order valence-corrected chi connectivity index (χ3v) is 5.40. The summed E-state index contributed by atoms with van der Waals surface area (Å²) in [5.74, 6) is -1.14. The van der Waals surface area contributed by atoms with Gasteiger partial charge >= 0.3 is 6.18 Å². The number of carbonyl (C=O) groups is 1. The summed E-state index contributed by atoms with van der Waals surface area (Å²) in [6.07, 6.45) is -4.28. The van der Waals surface area contributed by atoms with Crippen LogP contribution in [0.1, 0.15) is 39.5 Å². The SMILES string of the molecule is CCC(CC)(NC(=O)C1CCN(c2ccccc2[N+](=O)[O-])CC1)C(F)(F)F. The highest BCUT2D eigenvalue weighted by Gasteiger charge is 2.53. The molecule has 0 unspecified atom stereocenters. The van der Waals surface area contributed by atoms with Gasteiger partial charge < -0.3 is 10.2 Å². The van der Waals surface area contributed by atoms with Crippen molar-refractivity contribution in [2.24, 2.45) is 5.92 Å². The van der Waals surface area contributed by atoms with Gasteiger partial charge in [0.25, 0.3) is 5.69 Å². The molecule has 0 aliphatic carbocycles. The molecule has 1 N–H and O–H groups in total. The molecule has 1 aliphatic rings. The molecule has 1 aliphatic heterocycles. The second kappa shape index (κ2) is 8.14. The molecule has 0 radical (unpaired) electrons. The normalized spacial score (nSPS) is 16.3. The van der Waals surface area contributed by atoms with E-state index in [9.17, 15) is 28.1 Å². The first-order chi connectivity index (χ1) is 12.6. The van der Waals surface area contributed by atoms with Gasteiger partial charge in [0.1, 0.15) is 11.2 Å². The molecule has 27 heavy (non-hydrogen) atoms. The van der Waals surface area contributed by atoms with Crippen LogP contribution < -0.4 is 10.2 Å². The van der Waals surface area contributed by atoms with Crippen molar-refractivity contribution in [2.45, 2.75) is 51.2 Å². The lowest BCUT2D eigenvalue weighted by Gasteiger charge is -2.38. The average molecular weight is 387 g/mol. The Kier molecular flexibility index (Phi) is 6.33. The largest absolute Gasteiger partial charge is 0.411 e. The monoisotopic (exact) mass is 387 g/mol. The predicted molar refractivity (Wildman–Crippen MR) is 95.5 cm³/mol. The number of amides is 1. The molecule has 1 fully saturated rings. The second-order valence-corrected chi connectivity index (χ2v) is 6.78. The number of alkyl halides is 3. The van der Waals surface area contributed by atoms with Crippen molar-refractivity contribution in [1.82, 2.24) is 5.32 Å². The van der Waals surface area contributed by atoms with Crippen LogP contribution >= 0.6 is 0 Å². The van der Waals surface area contributed by atoms with E-state index in [0.717, 1.165) is 0 Å². The van der Waals surface area contributed by atoms with E-state index in [2.05, 4.69) is 5.32 Å². The summed E-state index contributed by atoms with van der Waals surface area (Å²) in [7, 11) is 0. The average Bonchev–Trinajstić information content (AvgIpc) is 2.65. The van der Waals surface area contributed by atoms with E-state index >= 15 is 0 Å². The zero-order chi connectivity index (χ0) is 20.2. The van der Waals surface area contributed by atoms with E-state index in [4.69, 9.17) is 0 Å². The molecule has 0 bridgehead atoms. The van der Waals surface area contributed by atoms with E-state index in [0.29, 0.717) is 31.6 Å². The van der Waals surface area contributed by atoms with E-state index in [1.807, 2.05) is 0 Å². The summed E-state index contributed by atoms with van der Waals surface area (Å²) in [5.41, 5.74) is -1.76. The molecular weight excluding hydrogens is 363 g/mol. The van der Waals surface area contributed by atoms with Crippen LogP contribution in [0.2, 0.25) is 0 Å². The number of para-hydroxylation sites is 2. The van der Waals surface area contributed by atoms with Crippen molar-refractivity contribution >= 4 is 17.3 Å². The van der Waals surface area contributed by atoms with Crippen LogP contribution in [-0.2, 0) is 4.79 Å². The predicted octanol–water partition coefficient (Wildman–Crippen LogP) is 4.05. The number of anilines is 1. The van der Waals surface area contributed by atoms with Gasteiger partial charge in [0.2, 0.25) is 5.91 Å². The second-order valence-electron chi connectivity index (χ2n) is 6.78. The van der Waals surface area contributed by atoms with E-state index in [1.165, 1.54) is 19.9 Å². The molecule has 1 heterocycles. The van der Waals surface area contributed by atoms with Crippen LogP contribution in [0, 0.1) is 16.0 Å². The van der Waals surface area contributed by atoms with E-state index in [-0.39, 0.29) is 18.5 Å². The molecule has 0 atom stereocenters. The van der Waals surface area contributed by atoms with E-state index < -0.39 is 28.5 Å².